The average Bonchev–Trinajstić information content (AvgIpc) is 3.31. The third-order valence-electron chi connectivity index (χ3n) is 4.74. The van der Waals surface area contributed by atoms with Gasteiger partial charge in [0.2, 0.25) is 0 Å². The lowest BCUT2D eigenvalue weighted by molar-refractivity contribution is 0.0886. The van der Waals surface area contributed by atoms with Gasteiger partial charge in [0.15, 0.2) is 0 Å². The number of carbonyl (C=O) groups is 1. The van der Waals surface area contributed by atoms with Crippen LogP contribution in [0.3, 0.4) is 0 Å². The predicted molar refractivity (Wildman–Crippen MR) is 96.6 cm³/mol. The predicted octanol–water partition coefficient (Wildman–Crippen LogP) is 1.54. The van der Waals surface area contributed by atoms with E-state index < -0.39 is 12.1 Å². The van der Waals surface area contributed by atoms with Gasteiger partial charge in [0, 0.05) is 18.6 Å². The van der Waals surface area contributed by atoms with Gasteiger partial charge in [-0.15, -0.1) is 0 Å². The van der Waals surface area contributed by atoms with Gasteiger partial charge < -0.3 is 24.3 Å². The first kappa shape index (κ1) is 17.6. The van der Waals surface area contributed by atoms with Gasteiger partial charge in [-0.3, -0.25) is 9.48 Å². The molecule has 0 aliphatic carbocycles. The second-order valence-corrected chi connectivity index (χ2v) is 6.61. The van der Waals surface area contributed by atoms with Crippen molar-refractivity contribution in [3.63, 3.8) is 0 Å². The van der Waals surface area contributed by atoms with Gasteiger partial charge in [-0.1, -0.05) is 0 Å². The van der Waals surface area contributed by atoms with E-state index in [1.54, 1.807) is 36.0 Å². The molecule has 2 aromatic heterocycles. The Kier molecular flexibility index (Phi) is 4.59. The summed E-state index contributed by atoms with van der Waals surface area (Å²) < 4.78 is 18.5. The van der Waals surface area contributed by atoms with Crippen molar-refractivity contribution in [2.45, 2.75) is 25.7 Å². The highest BCUT2D eigenvalue weighted by Crippen LogP contribution is 2.29. The molecule has 1 amide bonds. The zero-order valence-corrected chi connectivity index (χ0v) is 15.1. The van der Waals surface area contributed by atoms with Gasteiger partial charge in [0.05, 0.1) is 36.6 Å². The Morgan fingerprint density at radius 2 is 2.26 bits per heavy atom. The summed E-state index contributed by atoms with van der Waals surface area (Å²) in [6, 6.07) is 6.84. The van der Waals surface area contributed by atoms with Crippen LogP contribution < -0.4 is 10.1 Å². The average molecular weight is 371 g/mol. The Balaban J connectivity index is 1.57. The van der Waals surface area contributed by atoms with Gasteiger partial charge in [-0.25, -0.2) is 0 Å². The second-order valence-electron chi connectivity index (χ2n) is 6.61. The molecule has 1 fully saturated rings. The molecule has 1 aliphatic heterocycles. The molecule has 142 valence electrons. The highest BCUT2D eigenvalue weighted by molar-refractivity contribution is 6.07. The number of nitrogens with one attached hydrogen (secondary N) is 1. The van der Waals surface area contributed by atoms with Crippen molar-refractivity contribution < 1.29 is 23.8 Å². The van der Waals surface area contributed by atoms with Crippen molar-refractivity contribution in [3.05, 3.63) is 47.5 Å². The van der Waals surface area contributed by atoms with E-state index in [1.807, 2.05) is 13.1 Å². The zero-order valence-electron chi connectivity index (χ0n) is 15.1. The Morgan fingerprint density at radius 3 is 2.96 bits per heavy atom. The molecule has 1 saturated heterocycles. The number of aryl methyl sites for hydroxylation is 2. The number of ether oxygens (including phenoxy) is 2. The quantitative estimate of drug-likeness (QED) is 0.706. The van der Waals surface area contributed by atoms with Crippen molar-refractivity contribution in [1.29, 1.82) is 0 Å². The molecule has 4 rings (SSSR count). The fourth-order valence-electron chi connectivity index (χ4n) is 3.19. The second kappa shape index (κ2) is 7.05. The summed E-state index contributed by atoms with van der Waals surface area (Å²) in [7, 11) is 1.85. The van der Waals surface area contributed by atoms with Gasteiger partial charge in [-0.2, -0.15) is 5.10 Å². The monoisotopic (exact) mass is 371 g/mol. The minimum Gasteiger partial charge on any atom is -0.487 e. The molecule has 1 aromatic carbocycles. The smallest absolute Gasteiger partial charge is 0.255 e. The molecule has 0 unspecified atom stereocenters. The van der Waals surface area contributed by atoms with Crippen LogP contribution in [-0.2, 0) is 18.4 Å². The lowest BCUT2D eigenvalue weighted by Crippen LogP contribution is -2.42. The molecular weight excluding hydrogens is 350 g/mol. The Bertz CT molecular complexity index is 977. The number of benzene rings is 1. The highest BCUT2D eigenvalue weighted by Gasteiger charge is 2.29. The molecule has 27 heavy (non-hydrogen) atoms. The van der Waals surface area contributed by atoms with Crippen molar-refractivity contribution >= 4 is 16.9 Å². The number of aliphatic hydroxyl groups excluding tert-OH is 1. The molecule has 2 atom stereocenters. The van der Waals surface area contributed by atoms with Crippen molar-refractivity contribution in [2.24, 2.45) is 7.05 Å². The molecule has 0 bridgehead atoms. The molecule has 0 spiro atoms. The summed E-state index contributed by atoms with van der Waals surface area (Å²) in [5.74, 6) is 0.840. The van der Waals surface area contributed by atoms with E-state index in [1.165, 1.54) is 0 Å². The number of nitrogens with zero attached hydrogens (tertiary/aromatic N) is 2. The topological polar surface area (TPSA) is 98.8 Å². The molecular formula is C19H21N3O5. The summed E-state index contributed by atoms with van der Waals surface area (Å²) in [5.41, 5.74) is 1.98. The van der Waals surface area contributed by atoms with E-state index in [0.29, 0.717) is 41.3 Å². The van der Waals surface area contributed by atoms with Crippen LogP contribution in [-0.4, -0.2) is 46.2 Å². The van der Waals surface area contributed by atoms with Crippen LogP contribution in [0.2, 0.25) is 0 Å². The van der Waals surface area contributed by atoms with E-state index in [9.17, 15) is 9.90 Å². The van der Waals surface area contributed by atoms with Gasteiger partial charge in [0.25, 0.3) is 5.91 Å². The van der Waals surface area contributed by atoms with Crippen LogP contribution in [0.25, 0.3) is 11.0 Å². The van der Waals surface area contributed by atoms with Crippen LogP contribution in [0, 0.1) is 6.92 Å². The summed E-state index contributed by atoms with van der Waals surface area (Å²) in [6.45, 7) is 2.63. The third kappa shape index (κ3) is 3.41. The van der Waals surface area contributed by atoms with Crippen LogP contribution in [0.1, 0.15) is 21.8 Å². The number of furan rings is 1. The summed E-state index contributed by atoms with van der Waals surface area (Å²) in [5, 5.41) is 17.5. The van der Waals surface area contributed by atoms with E-state index in [2.05, 4.69) is 10.4 Å². The molecule has 0 radical (unpaired) electrons. The maximum Gasteiger partial charge on any atom is 0.255 e. The largest absolute Gasteiger partial charge is 0.487 e. The molecule has 8 nitrogen and oxygen atoms in total. The lowest BCUT2D eigenvalue weighted by atomic mass is 10.1. The summed E-state index contributed by atoms with van der Waals surface area (Å²) in [6.07, 6.45) is 1.01. The number of amides is 1. The number of hydrogen-bond donors (Lipinski definition) is 2. The van der Waals surface area contributed by atoms with E-state index in [-0.39, 0.29) is 12.5 Å². The first-order chi connectivity index (χ1) is 13.0. The Hall–Kier alpha value is -2.84. The minimum atomic E-state index is -0.704. The lowest BCUT2D eigenvalue weighted by Gasteiger charge is -2.14. The SMILES string of the molecule is Cc1oc2ccc(OCc3ccnn3C)cc2c1C(=O)N[C@@H]1COC[C@H]1O. The van der Waals surface area contributed by atoms with Crippen LogP contribution >= 0.6 is 0 Å². The van der Waals surface area contributed by atoms with Crippen molar-refractivity contribution in [2.75, 3.05) is 13.2 Å². The first-order valence-corrected chi connectivity index (χ1v) is 8.72. The number of hydrogen-bond acceptors (Lipinski definition) is 6. The van der Waals surface area contributed by atoms with E-state index >= 15 is 0 Å². The van der Waals surface area contributed by atoms with Gasteiger partial charge >= 0.3 is 0 Å². The van der Waals surface area contributed by atoms with Gasteiger partial charge in [0.1, 0.15) is 23.7 Å². The van der Waals surface area contributed by atoms with Crippen LogP contribution in [0.4, 0.5) is 0 Å². The maximum atomic E-state index is 12.8. The highest BCUT2D eigenvalue weighted by atomic mass is 16.5. The van der Waals surface area contributed by atoms with Crippen LogP contribution in [0.15, 0.2) is 34.9 Å². The molecule has 2 N–H and O–H groups in total. The Labute approximate surface area is 155 Å². The number of aliphatic hydroxyl groups is 1. The van der Waals surface area contributed by atoms with Crippen LogP contribution in [0.5, 0.6) is 5.75 Å². The van der Waals surface area contributed by atoms with Crippen molar-refractivity contribution in [1.82, 2.24) is 15.1 Å². The number of fused-ring (bicyclic) bond motifs is 1. The molecule has 3 heterocycles. The summed E-state index contributed by atoms with van der Waals surface area (Å²) >= 11 is 0. The molecule has 1 aliphatic rings. The number of carbonyl (C=O) groups excluding carboxylic acids is 1. The number of aromatic nitrogens is 2. The summed E-state index contributed by atoms with van der Waals surface area (Å²) in [4.78, 5) is 12.8. The standard InChI is InChI=1S/C19H21N3O5/c1-11-18(19(24)21-15-9-25-10-16(15)23)14-7-13(3-4-17(14)27-11)26-8-12-5-6-20-22(12)2/h3-7,15-16,23H,8-10H2,1-2H3,(H,21,24)/t15-,16-/m1/s1. The number of rotatable bonds is 5. The third-order valence-corrected chi connectivity index (χ3v) is 4.74. The minimum absolute atomic E-state index is 0.224. The molecule has 8 heteroatoms. The maximum absolute atomic E-state index is 12.8. The van der Waals surface area contributed by atoms with Crippen molar-refractivity contribution in [3.8, 4) is 5.75 Å². The van der Waals surface area contributed by atoms with Gasteiger partial charge in [-0.05, 0) is 31.2 Å². The first-order valence-electron chi connectivity index (χ1n) is 8.72. The normalized spacial score (nSPS) is 19.5. The fraction of sp³-hybridized carbons (Fsp3) is 0.368. The van der Waals surface area contributed by atoms with E-state index in [4.69, 9.17) is 13.9 Å². The Morgan fingerprint density at radius 1 is 1.41 bits per heavy atom. The molecule has 0 saturated carbocycles. The van der Waals surface area contributed by atoms with E-state index in [0.717, 1.165) is 5.69 Å². The zero-order chi connectivity index (χ0) is 19.0. The fourth-order valence-corrected chi connectivity index (χ4v) is 3.19. The molecule has 3 aromatic rings.